The predicted octanol–water partition coefficient (Wildman–Crippen LogP) is 1.08. The molecule has 8 heteroatoms. The monoisotopic (exact) mass is 404 g/mol. The van der Waals surface area contributed by atoms with Crippen molar-refractivity contribution in [3.05, 3.63) is 53.1 Å². The SMILES string of the molecule is COc1cc(C[C@@]2(O)C(=O)O[C@@H](c3ccc(CO)c(OC)c3)[C@@H]2CO)ccc1O. The summed E-state index contributed by atoms with van der Waals surface area (Å²) in [6, 6.07) is 9.39. The van der Waals surface area contributed by atoms with Crippen molar-refractivity contribution in [3.63, 3.8) is 0 Å². The third-order valence-electron chi connectivity index (χ3n) is 5.29. The summed E-state index contributed by atoms with van der Waals surface area (Å²) in [4.78, 5) is 12.6. The Balaban J connectivity index is 1.94. The molecule has 0 unspecified atom stereocenters. The van der Waals surface area contributed by atoms with Crippen LogP contribution < -0.4 is 9.47 Å². The minimum atomic E-state index is -1.97. The van der Waals surface area contributed by atoms with E-state index in [1.54, 1.807) is 24.3 Å². The smallest absolute Gasteiger partial charge is 0.339 e. The molecule has 0 saturated carbocycles. The lowest BCUT2D eigenvalue weighted by atomic mass is 9.80. The van der Waals surface area contributed by atoms with Gasteiger partial charge in [0.25, 0.3) is 0 Å². The number of aromatic hydroxyl groups is 1. The van der Waals surface area contributed by atoms with Crippen LogP contribution in [0.3, 0.4) is 0 Å². The van der Waals surface area contributed by atoms with E-state index in [9.17, 15) is 25.2 Å². The Kier molecular flexibility index (Phi) is 5.97. The molecule has 0 amide bonds. The number of ether oxygens (including phenoxy) is 3. The molecule has 1 aliphatic rings. The van der Waals surface area contributed by atoms with Crippen LogP contribution in [0.1, 0.15) is 22.8 Å². The average molecular weight is 404 g/mol. The van der Waals surface area contributed by atoms with E-state index >= 15 is 0 Å². The molecule has 1 saturated heterocycles. The van der Waals surface area contributed by atoms with Crippen LogP contribution in [0.5, 0.6) is 17.2 Å². The molecule has 0 radical (unpaired) electrons. The van der Waals surface area contributed by atoms with Gasteiger partial charge in [0.05, 0.1) is 33.4 Å². The zero-order chi connectivity index (χ0) is 21.2. The molecule has 29 heavy (non-hydrogen) atoms. The van der Waals surface area contributed by atoms with Gasteiger partial charge < -0.3 is 34.6 Å². The molecule has 0 aliphatic carbocycles. The fourth-order valence-corrected chi connectivity index (χ4v) is 3.66. The van der Waals surface area contributed by atoms with Crippen molar-refractivity contribution < 1.29 is 39.4 Å². The first kappa shape index (κ1) is 20.9. The number of methoxy groups -OCH3 is 2. The van der Waals surface area contributed by atoms with E-state index in [4.69, 9.17) is 14.2 Å². The van der Waals surface area contributed by atoms with Crippen LogP contribution in [0.15, 0.2) is 36.4 Å². The predicted molar refractivity (Wildman–Crippen MR) is 102 cm³/mol. The molecule has 3 rings (SSSR count). The summed E-state index contributed by atoms with van der Waals surface area (Å²) < 4.78 is 15.8. The molecular weight excluding hydrogens is 380 g/mol. The molecule has 4 N–H and O–H groups in total. The van der Waals surface area contributed by atoms with Gasteiger partial charge in [0.2, 0.25) is 0 Å². The van der Waals surface area contributed by atoms with E-state index in [-0.39, 0.29) is 24.5 Å². The summed E-state index contributed by atoms with van der Waals surface area (Å²) in [7, 11) is 2.85. The normalized spacial score (nSPS) is 23.7. The Bertz CT molecular complexity index is 896. The molecule has 0 bridgehead atoms. The second-order valence-corrected chi connectivity index (χ2v) is 6.95. The Morgan fingerprint density at radius 1 is 1.07 bits per heavy atom. The third-order valence-corrected chi connectivity index (χ3v) is 5.29. The van der Waals surface area contributed by atoms with Gasteiger partial charge in [0, 0.05) is 12.0 Å². The first-order chi connectivity index (χ1) is 13.9. The molecule has 156 valence electrons. The van der Waals surface area contributed by atoms with Gasteiger partial charge >= 0.3 is 5.97 Å². The van der Waals surface area contributed by atoms with Crippen molar-refractivity contribution >= 4 is 5.97 Å². The largest absolute Gasteiger partial charge is 0.504 e. The molecule has 0 aromatic heterocycles. The molecule has 2 aromatic carbocycles. The van der Waals surface area contributed by atoms with Crippen LogP contribution in [-0.2, 0) is 22.6 Å². The number of cyclic esters (lactones) is 1. The molecule has 8 nitrogen and oxygen atoms in total. The highest BCUT2D eigenvalue weighted by atomic mass is 16.6. The molecule has 1 heterocycles. The number of carbonyl (C=O) groups excluding carboxylic acids is 1. The maximum absolute atomic E-state index is 12.6. The lowest BCUT2D eigenvalue weighted by Gasteiger charge is -2.26. The van der Waals surface area contributed by atoms with Gasteiger partial charge in [-0.15, -0.1) is 0 Å². The van der Waals surface area contributed by atoms with Crippen molar-refractivity contribution in [2.24, 2.45) is 5.92 Å². The molecule has 3 atom stereocenters. The van der Waals surface area contributed by atoms with Gasteiger partial charge in [-0.1, -0.05) is 18.2 Å². The van der Waals surface area contributed by atoms with E-state index < -0.39 is 30.2 Å². The highest BCUT2D eigenvalue weighted by molar-refractivity contribution is 5.83. The van der Waals surface area contributed by atoms with Gasteiger partial charge in [-0.3, -0.25) is 0 Å². The van der Waals surface area contributed by atoms with Crippen LogP contribution in [0, 0.1) is 5.92 Å². The Morgan fingerprint density at radius 2 is 1.79 bits per heavy atom. The molecule has 0 spiro atoms. The van der Waals surface area contributed by atoms with Crippen LogP contribution in [0.2, 0.25) is 0 Å². The maximum atomic E-state index is 12.6. The number of phenolic OH excluding ortho intramolecular Hbond substituents is 1. The van der Waals surface area contributed by atoms with Crippen LogP contribution in [0.25, 0.3) is 0 Å². The zero-order valence-corrected chi connectivity index (χ0v) is 16.2. The Morgan fingerprint density at radius 3 is 2.41 bits per heavy atom. The summed E-state index contributed by atoms with van der Waals surface area (Å²) >= 11 is 0. The number of aliphatic hydroxyl groups excluding tert-OH is 2. The molecule has 1 fully saturated rings. The second-order valence-electron chi connectivity index (χ2n) is 6.95. The minimum Gasteiger partial charge on any atom is -0.504 e. The van der Waals surface area contributed by atoms with Gasteiger partial charge in [-0.25, -0.2) is 4.79 Å². The number of benzene rings is 2. The molecule has 1 aliphatic heterocycles. The fraction of sp³-hybridized carbons (Fsp3) is 0.381. The van der Waals surface area contributed by atoms with Gasteiger partial charge in [0.15, 0.2) is 17.1 Å². The number of rotatable bonds is 7. The zero-order valence-electron chi connectivity index (χ0n) is 16.2. The second kappa shape index (κ2) is 8.28. The number of hydrogen-bond acceptors (Lipinski definition) is 8. The van der Waals surface area contributed by atoms with E-state index in [1.165, 1.54) is 26.4 Å². The summed E-state index contributed by atoms with van der Waals surface area (Å²) in [5.41, 5.74) is -0.339. The Labute approximate surface area is 167 Å². The van der Waals surface area contributed by atoms with Gasteiger partial charge in [-0.05, 0) is 29.3 Å². The van der Waals surface area contributed by atoms with E-state index in [1.807, 2.05) is 0 Å². The highest BCUT2D eigenvalue weighted by Crippen LogP contribution is 2.44. The Hall–Kier alpha value is -2.81. The van der Waals surface area contributed by atoms with E-state index in [0.29, 0.717) is 22.4 Å². The van der Waals surface area contributed by atoms with Crippen molar-refractivity contribution in [3.8, 4) is 17.2 Å². The van der Waals surface area contributed by atoms with E-state index in [2.05, 4.69) is 0 Å². The highest BCUT2D eigenvalue weighted by Gasteiger charge is 2.56. The first-order valence-corrected chi connectivity index (χ1v) is 9.05. The maximum Gasteiger partial charge on any atom is 0.339 e. The summed E-state index contributed by atoms with van der Waals surface area (Å²) in [6.45, 7) is -0.712. The van der Waals surface area contributed by atoms with Gasteiger partial charge in [-0.2, -0.15) is 0 Å². The van der Waals surface area contributed by atoms with Crippen molar-refractivity contribution in [2.45, 2.75) is 24.7 Å². The summed E-state index contributed by atoms with van der Waals surface area (Å²) in [6.07, 6.45) is -1.02. The topological polar surface area (TPSA) is 126 Å². The number of aliphatic hydroxyl groups is 3. The molecular formula is C21H24O8. The number of carbonyl (C=O) groups is 1. The number of phenols is 1. The van der Waals surface area contributed by atoms with Crippen LogP contribution in [-0.4, -0.2) is 52.8 Å². The molecule has 2 aromatic rings. The van der Waals surface area contributed by atoms with Crippen molar-refractivity contribution in [1.82, 2.24) is 0 Å². The minimum absolute atomic E-state index is 0.0649. The standard InChI is InChI=1S/C21H24O8/c1-27-17-8-13(4-5-14(17)10-22)19-15(11-23)21(26,20(25)29-19)9-12-3-6-16(24)18(7-12)28-2/h3-8,15,19,22-24,26H,9-11H2,1-2H3/t15-,19-,21-/m0/s1. The lowest BCUT2D eigenvalue weighted by molar-refractivity contribution is -0.156. The third kappa shape index (κ3) is 3.74. The van der Waals surface area contributed by atoms with E-state index in [0.717, 1.165) is 0 Å². The van der Waals surface area contributed by atoms with Gasteiger partial charge in [0.1, 0.15) is 11.9 Å². The quantitative estimate of drug-likeness (QED) is 0.505. The van der Waals surface area contributed by atoms with Crippen molar-refractivity contribution in [1.29, 1.82) is 0 Å². The number of hydrogen-bond donors (Lipinski definition) is 4. The van der Waals surface area contributed by atoms with Crippen molar-refractivity contribution in [2.75, 3.05) is 20.8 Å². The first-order valence-electron chi connectivity index (χ1n) is 9.05. The summed E-state index contributed by atoms with van der Waals surface area (Å²) in [5.74, 6) is -1.22. The lowest BCUT2D eigenvalue weighted by Crippen LogP contribution is -2.45. The summed E-state index contributed by atoms with van der Waals surface area (Å²) in [5, 5.41) is 40.3. The fourth-order valence-electron chi connectivity index (χ4n) is 3.66. The van der Waals surface area contributed by atoms with Crippen LogP contribution >= 0.6 is 0 Å². The average Bonchev–Trinajstić information content (AvgIpc) is 2.98. The van der Waals surface area contributed by atoms with Crippen LogP contribution in [0.4, 0.5) is 0 Å². The number of esters is 1.